The molecule has 0 fully saturated rings. The molecule has 0 saturated carbocycles. The van der Waals surface area contributed by atoms with Crippen molar-refractivity contribution in [3.8, 4) is 17.6 Å². The zero-order valence-electron chi connectivity index (χ0n) is 20.7. The Morgan fingerprint density at radius 3 is 2.52 bits per heavy atom. The number of nitrogens with zero attached hydrogens (tertiary/aromatic N) is 3. The Balaban J connectivity index is 2.53. The zero-order chi connectivity index (χ0) is 24.9. The van der Waals surface area contributed by atoms with Crippen LogP contribution in [0.25, 0.3) is 0 Å². The van der Waals surface area contributed by atoms with E-state index in [0.29, 0.717) is 12.1 Å². The van der Waals surface area contributed by atoms with Gasteiger partial charge in [-0.05, 0) is 39.2 Å². The maximum atomic E-state index is 13.5. The first-order valence-electron chi connectivity index (χ1n) is 11.2. The Bertz CT molecular complexity index is 997. The molecule has 184 valence electrons. The van der Waals surface area contributed by atoms with Gasteiger partial charge in [0.25, 0.3) is 0 Å². The molecular weight excluding hydrogens is 442 g/mol. The van der Waals surface area contributed by atoms with Gasteiger partial charge < -0.3 is 19.6 Å². The average molecular weight is 480 g/mol. The molecular formula is C24H37N3O5S. The van der Waals surface area contributed by atoms with E-state index in [-0.39, 0.29) is 48.1 Å². The Morgan fingerprint density at radius 1 is 1.27 bits per heavy atom. The lowest BCUT2D eigenvalue weighted by atomic mass is 10.0. The Labute approximate surface area is 198 Å². The second-order valence-corrected chi connectivity index (χ2v) is 11.2. The predicted molar refractivity (Wildman–Crippen MR) is 128 cm³/mol. The van der Waals surface area contributed by atoms with Crippen LogP contribution in [0.4, 0.5) is 0 Å². The van der Waals surface area contributed by atoms with Crippen LogP contribution in [0.1, 0.15) is 33.3 Å². The van der Waals surface area contributed by atoms with Crippen molar-refractivity contribution in [1.82, 2.24) is 14.1 Å². The van der Waals surface area contributed by atoms with Crippen molar-refractivity contribution in [3.05, 3.63) is 23.8 Å². The van der Waals surface area contributed by atoms with Crippen LogP contribution < -0.4 is 4.74 Å². The Morgan fingerprint density at radius 2 is 1.94 bits per heavy atom. The molecule has 0 saturated heterocycles. The summed E-state index contributed by atoms with van der Waals surface area (Å²) in [6.07, 6.45) is -0.447. The maximum Gasteiger partial charge on any atom is 0.247 e. The largest absolute Gasteiger partial charge is 0.487 e. The number of carbonyl (C=O) groups is 1. The van der Waals surface area contributed by atoms with Gasteiger partial charge in [-0.1, -0.05) is 32.6 Å². The van der Waals surface area contributed by atoms with Crippen LogP contribution >= 0.6 is 0 Å². The van der Waals surface area contributed by atoms with Crippen molar-refractivity contribution in [1.29, 1.82) is 0 Å². The number of hydrogen-bond acceptors (Lipinski definition) is 6. The number of aliphatic hydroxyl groups is 1. The average Bonchev–Trinajstić information content (AvgIpc) is 2.73. The van der Waals surface area contributed by atoms with E-state index in [4.69, 9.17) is 4.74 Å². The second kappa shape index (κ2) is 11.3. The highest BCUT2D eigenvalue weighted by atomic mass is 32.2. The number of ether oxygens (including phenoxy) is 1. The molecule has 33 heavy (non-hydrogen) atoms. The van der Waals surface area contributed by atoms with E-state index in [1.165, 1.54) is 10.4 Å². The number of carbonyl (C=O) groups excluding carboxylic acids is 1. The number of benzene rings is 1. The topological polar surface area (TPSA) is 90.4 Å². The molecule has 0 aromatic heterocycles. The van der Waals surface area contributed by atoms with Crippen LogP contribution in [0.2, 0.25) is 0 Å². The lowest BCUT2D eigenvalue weighted by Crippen LogP contribution is -2.50. The van der Waals surface area contributed by atoms with E-state index in [2.05, 4.69) is 11.8 Å². The molecule has 9 heteroatoms. The summed E-state index contributed by atoms with van der Waals surface area (Å²) in [5.74, 6) is 6.24. The van der Waals surface area contributed by atoms with Crippen molar-refractivity contribution in [3.63, 3.8) is 0 Å². The fourth-order valence-electron chi connectivity index (χ4n) is 3.51. The molecule has 1 N–H and O–H groups in total. The lowest BCUT2D eigenvalue weighted by molar-refractivity contribution is -0.132. The predicted octanol–water partition coefficient (Wildman–Crippen LogP) is 1.48. The number of likely N-dealkylation sites (N-methyl/N-ethyl adjacent to an activating group) is 2. The summed E-state index contributed by atoms with van der Waals surface area (Å²) in [6.45, 7) is 7.97. The van der Waals surface area contributed by atoms with Crippen LogP contribution in [-0.2, 0) is 14.8 Å². The van der Waals surface area contributed by atoms with E-state index in [1.54, 1.807) is 35.9 Å². The molecule has 0 unspecified atom stereocenters. The van der Waals surface area contributed by atoms with Gasteiger partial charge in [-0.3, -0.25) is 4.79 Å². The number of amides is 1. The molecule has 2 rings (SSSR count). The van der Waals surface area contributed by atoms with Gasteiger partial charge in [0, 0.05) is 37.0 Å². The van der Waals surface area contributed by atoms with Gasteiger partial charge >= 0.3 is 0 Å². The molecule has 0 radical (unpaired) electrons. The van der Waals surface area contributed by atoms with Crippen molar-refractivity contribution in [2.24, 2.45) is 11.8 Å². The molecule has 0 aliphatic carbocycles. The number of rotatable bonds is 6. The highest BCUT2D eigenvalue weighted by molar-refractivity contribution is 7.89. The second-order valence-electron chi connectivity index (χ2n) is 9.34. The van der Waals surface area contributed by atoms with Crippen LogP contribution in [0, 0.1) is 23.7 Å². The summed E-state index contributed by atoms with van der Waals surface area (Å²) in [7, 11) is 1.47. The fraction of sp³-hybridized carbons (Fsp3) is 0.625. The molecule has 1 aromatic carbocycles. The molecule has 0 bridgehead atoms. The summed E-state index contributed by atoms with van der Waals surface area (Å²) in [5.41, 5.74) is 0.656. The van der Waals surface area contributed by atoms with Crippen molar-refractivity contribution in [2.45, 2.75) is 44.7 Å². The first-order valence-corrected chi connectivity index (χ1v) is 12.6. The zero-order valence-corrected chi connectivity index (χ0v) is 21.5. The minimum atomic E-state index is -3.91. The van der Waals surface area contributed by atoms with E-state index in [9.17, 15) is 18.3 Å². The summed E-state index contributed by atoms with van der Waals surface area (Å²) in [5, 5.41) is 9.74. The minimum Gasteiger partial charge on any atom is -0.487 e. The number of aliphatic hydroxyl groups excluding tert-OH is 1. The van der Waals surface area contributed by atoms with E-state index < -0.39 is 22.2 Å². The monoisotopic (exact) mass is 479 g/mol. The van der Waals surface area contributed by atoms with Gasteiger partial charge in [0.1, 0.15) is 16.7 Å². The van der Waals surface area contributed by atoms with Gasteiger partial charge in [-0.2, -0.15) is 4.31 Å². The van der Waals surface area contributed by atoms with Gasteiger partial charge in [-0.15, -0.1) is 0 Å². The van der Waals surface area contributed by atoms with Crippen molar-refractivity contribution >= 4 is 15.9 Å². The molecule has 1 heterocycles. The third kappa shape index (κ3) is 6.93. The van der Waals surface area contributed by atoms with Crippen LogP contribution in [0.3, 0.4) is 0 Å². The lowest BCUT2D eigenvalue weighted by Gasteiger charge is -2.37. The van der Waals surface area contributed by atoms with E-state index in [0.717, 1.165) is 0 Å². The van der Waals surface area contributed by atoms with Crippen LogP contribution in [-0.4, -0.2) is 93.1 Å². The standard InChI is InChI=1S/C24H37N3O5S/c1-17(2)8-9-20-10-11-23-21(12-20)32-22(14-26(7)24(29)15-25(5)6)18(3)13-27(19(4)16-28)33(23,30)31/h10-12,17-19,22,28H,13-16H2,1-7H3/t18-,19+,22-/m0/s1. The Kier molecular flexibility index (Phi) is 9.32. The normalized spacial score (nSPS) is 21.3. The van der Waals surface area contributed by atoms with Crippen molar-refractivity contribution in [2.75, 3.05) is 47.4 Å². The summed E-state index contributed by atoms with van der Waals surface area (Å²) in [4.78, 5) is 16.0. The molecule has 1 aliphatic heterocycles. The molecule has 8 nitrogen and oxygen atoms in total. The van der Waals surface area contributed by atoms with Crippen LogP contribution in [0.5, 0.6) is 5.75 Å². The smallest absolute Gasteiger partial charge is 0.247 e. The Hall–Kier alpha value is -2.12. The molecule has 1 aromatic rings. The van der Waals surface area contributed by atoms with Gasteiger partial charge in [-0.25, -0.2) is 8.42 Å². The highest BCUT2D eigenvalue weighted by Gasteiger charge is 2.38. The van der Waals surface area contributed by atoms with Crippen molar-refractivity contribution < 1.29 is 23.1 Å². The van der Waals surface area contributed by atoms with Crippen LogP contribution in [0.15, 0.2) is 23.1 Å². The molecule has 0 spiro atoms. The molecule has 1 amide bonds. The molecule has 3 atom stereocenters. The van der Waals surface area contributed by atoms with Gasteiger partial charge in [0.05, 0.1) is 19.7 Å². The third-order valence-corrected chi connectivity index (χ3v) is 7.52. The summed E-state index contributed by atoms with van der Waals surface area (Å²) in [6, 6.07) is 4.23. The third-order valence-electron chi connectivity index (χ3n) is 5.50. The minimum absolute atomic E-state index is 0.0390. The SMILES string of the molecule is CC(C)C#Cc1ccc2c(c1)O[C@@H](CN(C)C(=O)CN(C)C)[C@@H](C)CN([C@H](C)CO)S2(=O)=O. The fourth-order valence-corrected chi connectivity index (χ4v) is 5.34. The summed E-state index contributed by atoms with van der Waals surface area (Å²) >= 11 is 0. The number of fused-ring (bicyclic) bond motifs is 1. The highest BCUT2D eigenvalue weighted by Crippen LogP contribution is 2.34. The summed E-state index contributed by atoms with van der Waals surface area (Å²) < 4.78 is 34.6. The first-order chi connectivity index (χ1) is 15.4. The first kappa shape index (κ1) is 27.1. The number of sulfonamides is 1. The quantitative estimate of drug-likeness (QED) is 0.622. The molecule has 1 aliphatic rings. The maximum absolute atomic E-state index is 13.5. The number of hydrogen-bond donors (Lipinski definition) is 1. The van der Waals surface area contributed by atoms with Gasteiger partial charge in [0.2, 0.25) is 15.9 Å². The van der Waals surface area contributed by atoms with E-state index in [1.807, 2.05) is 34.9 Å². The van der Waals surface area contributed by atoms with E-state index >= 15 is 0 Å². The van der Waals surface area contributed by atoms with Gasteiger partial charge in [0.15, 0.2) is 0 Å².